The van der Waals surface area contributed by atoms with Crippen molar-refractivity contribution in [1.29, 1.82) is 10.5 Å². The number of β-amino-alcohol motifs (C(OH)–C–C–N with tert-alkyl or cyclic N) is 1. The van der Waals surface area contributed by atoms with Crippen LogP contribution in [0.15, 0.2) is 97.3 Å². The number of hydrogen-bond acceptors (Lipinski definition) is 16. The van der Waals surface area contributed by atoms with Crippen molar-refractivity contribution in [2.75, 3.05) is 109 Å². The Morgan fingerprint density at radius 1 is 0.679 bits per heavy atom. The molecule has 400 valence electrons. The second kappa shape index (κ2) is 20.8. The van der Waals surface area contributed by atoms with Crippen LogP contribution in [-0.4, -0.2) is 127 Å². The number of benzene rings is 2. The van der Waals surface area contributed by atoms with Crippen LogP contribution in [0.5, 0.6) is 0 Å². The Kier molecular flexibility index (Phi) is 13.9. The zero-order valence-corrected chi connectivity index (χ0v) is 44.8. The number of morpholine rings is 2. The van der Waals surface area contributed by atoms with Gasteiger partial charge in [-0.1, -0.05) is 12.1 Å². The van der Waals surface area contributed by atoms with E-state index in [0.717, 1.165) is 69.5 Å². The summed E-state index contributed by atoms with van der Waals surface area (Å²) in [6, 6.07) is 31.5. The highest BCUT2D eigenvalue weighted by Gasteiger charge is 2.47. The van der Waals surface area contributed by atoms with Gasteiger partial charge in [0.05, 0.1) is 73.0 Å². The number of aryl methyl sites for hydroxylation is 1. The van der Waals surface area contributed by atoms with E-state index in [1.54, 1.807) is 50.5 Å². The number of nitrogens with zero attached hydrogens (tertiary/aromatic N) is 10. The lowest BCUT2D eigenvalue weighted by Gasteiger charge is -2.48. The molecule has 4 saturated heterocycles. The van der Waals surface area contributed by atoms with Crippen molar-refractivity contribution in [3.05, 3.63) is 131 Å². The first-order chi connectivity index (χ1) is 37.5. The van der Waals surface area contributed by atoms with E-state index in [1.165, 1.54) is 0 Å². The van der Waals surface area contributed by atoms with Gasteiger partial charge >= 0.3 is 0 Å². The number of carbonyl (C=O) groups excluding carboxylic acids is 2. The third-order valence-corrected chi connectivity index (χ3v) is 15.5. The number of rotatable bonds is 15. The lowest BCUT2D eigenvalue weighted by molar-refractivity contribution is -0.0617. The van der Waals surface area contributed by atoms with Gasteiger partial charge in [-0.2, -0.15) is 10.5 Å². The first-order valence-corrected chi connectivity index (χ1v) is 26.7. The molecule has 4 aliphatic heterocycles. The number of aromatic nitrogens is 4. The maximum absolute atomic E-state index is 13.9. The normalized spacial score (nSPS) is 18.2. The highest BCUT2D eigenvalue weighted by Crippen LogP contribution is 2.47. The quantitative estimate of drug-likeness (QED) is 0.0893. The third-order valence-electron chi connectivity index (χ3n) is 15.5. The van der Waals surface area contributed by atoms with Gasteiger partial charge < -0.3 is 49.6 Å². The average molecular weight is 1050 g/mol. The summed E-state index contributed by atoms with van der Waals surface area (Å²) in [4.78, 5) is 55.5. The summed E-state index contributed by atoms with van der Waals surface area (Å²) in [5.74, 6) is 2.58. The van der Waals surface area contributed by atoms with Crippen LogP contribution < -0.4 is 30.2 Å². The van der Waals surface area contributed by atoms with Crippen molar-refractivity contribution in [2.45, 2.75) is 76.1 Å². The SMILES string of the molecule is Cc1ccc(NC(=O)c2ccnc(C(C)(C)C#N)c2)cc1-c1cc(N2CCOCC2)nc(N2CC(C)(OCc3ccc(NC(=O)c4ccnc(C5(C#N)CC5)c4)cc3-c3cc(N4CCOCC4)nc(N4CC(C)(O)C4)c3)C2)c1. The highest BCUT2D eigenvalue weighted by atomic mass is 16.5. The van der Waals surface area contributed by atoms with Crippen LogP contribution in [0.3, 0.4) is 0 Å². The molecule has 3 N–H and O–H groups in total. The van der Waals surface area contributed by atoms with Gasteiger partial charge in [-0.15, -0.1) is 0 Å². The fourth-order valence-corrected chi connectivity index (χ4v) is 10.6. The predicted octanol–water partition coefficient (Wildman–Crippen LogP) is 7.81. The summed E-state index contributed by atoms with van der Waals surface area (Å²) in [6.07, 6.45) is 4.60. The molecule has 0 unspecified atom stereocenters. The Balaban J connectivity index is 0.866. The summed E-state index contributed by atoms with van der Waals surface area (Å²) in [5, 5.41) is 36.6. The summed E-state index contributed by atoms with van der Waals surface area (Å²) in [7, 11) is 0. The number of anilines is 6. The van der Waals surface area contributed by atoms with E-state index in [-0.39, 0.29) is 18.4 Å². The van der Waals surface area contributed by atoms with E-state index >= 15 is 0 Å². The van der Waals surface area contributed by atoms with Crippen molar-refractivity contribution in [3.8, 4) is 34.4 Å². The Hall–Kier alpha value is -8.00. The van der Waals surface area contributed by atoms with Crippen molar-refractivity contribution in [2.24, 2.45) is 0 Å². The van der Waals surface area contributed by atoms with Gasteiger partial charge in [-0.05, 0) is 154 Å². The van der Waals surface area contributed by atoms with Crippen LogP contribution in [0.25, 0.3) is 22.3 Å². The maximum Gasteiger partial charge on any atom is 0.255 e. The van der Waals surface area contributed by atoms with Gasteiger partial charge in [-0.3, -0.25) is 19.6 Å². The van der Waals surface area contributed by atoms with Gasteiger partial charge in [0, 0.05) is 87.3 Å². The van der Waals surface area contributed by atoms with Crippen LogP contribution in [0.4, 0.5) is 34.6 Å². The van der Waals surface area contributed by atoms with Crippen LogP contribution in [0, 0.1) is 29.6 Å². The standard InChI is InChI=1S/C60H64N12O6/c1-39-6-8-45(65-55(73)40-10-14-63-49(24-40)57(2,3)33-61)30-47(39)43-26-51(69-16-20-76-21-17-69)68-54(27-43)72-37-59(5,38-72)78-32-42-7-9-46(66-56(74)41-11-15-64-50(25-41)60(34-62)12-13-60)31-48(42)44-28-52(70-18-22-77-23-19-70)67-53(29-44)71-35-58(4,75)36-71/h6-11,14-15,24-31,75H,12-13,16-23,32,35-38H2,1-5H3,(H,65,73)(H,66,74). The first-order valence-electron chi connectivity index (χ1n) is 26.7. The van der Waals surface area contributed by atoms with Crippen molar-refractivity contribution < 1.29 is 28.9 Å². The largest absolute Gasteiger partial charge is 0.386 e. The number of pyridine rings is 4. The van der Waals surface area contributed by atoms with Gasteiger partial charge in [0.25, 0.3) is 11.8 Å². The molecule has 18 nitrogen and oxygen atoms in total. The summed E-state index contributed by atoms with van der Waals surface area (Å²) < 4.78 is 18.4. The number of ether oxygens (including phenoxy) is 3. The van der Waals surface area contributed by atoms with Crippen molar-refractivity contribution in [1.82, 2.24) is 19.9 Å². The molecular formula is C60H64N12O6. The number of aliphatic hydroxyl groups is 1. The molecule has 0 atom stereocenters. The number of nitrogens with one attached hydrogen (secondary N) is 2. The number of amides is 2. The molecule has 0 radical (unpaired) electrons. The number of nitriles is 2. The smallest absolute Gasteiger partial charge is 0.255 e. The molecule has 1 aliphatic carbocycles. The van der Waals surface area contributed by atoms with Crippen molar-refractivity contribution in [3.63, 3.8) is 0 Å². The van der Waals surface area contributed by atoms with Crippen LogP contribution >= 0.6 is 0 Å². The van der Waals surface area contributed by atoms with E-state index < -0.39 is 22.0 Å². The molecule has 5 aliphatic rings. The molecule has 8 heterocycles. The van der Waals surface area contributed by atoms with Gasteiger partial charge in [0.15, 0.2) is 0 Å². The fourth-order valence-electron chi connectivity index (χ4n) is 10.6. The van der Waals surface area contributed by atoms with Gasteiger partial charge in [0.2, 0.25) is 0 Å². The van der Waals surface area contributed by atoms with E-state index in [0.29, 0.717) is 113 Å². The summed E-state index contributed by atoms with van der Waals surface area (Å²) in [5.41, 5.74) is 5.93. The molecule has 4 aromatic heterocycles. The second-order valence-electron chi connectivity index (χ2n) is 22.4. The van der Waals surface area contributed by atoms with E-state index in [9.17, 15) is 25.2 Å². The molecular weight excluding hydrogens is 985 g/mol. The molecule has 6 aromatic rings. The van der Waals surface area contributed by atoms with Crippen LogP contribution in [0.1, 0.15) is 83.8 Å². The fraction of sp³-hybridized carbons (Fsp3) is 0.400. The van der Waals surface area contributed by atoms with Crippen LogP contribution in [-0.2, 0) is 31.6 Å². The van der Waals surface area contributed by atoms with Crippen molar-refractivity contribution >= 4 is 46.5 Å². The Bertz CT molecular complexity index is 3370. The number of carbonyl (C=O) groups is 2. The third kappa shape index (κ3) is 10.9. The molecule has 0 spiro atoms. The molecule has 2 aromatic carbocycles. The topological polar surface area (TPSA) is 218 Å². The lowest BCUT2D eigenvalue weighted by Crippen LogP contribution is -2.61. The monoisotopic (exact) mass is 1050 g/mol. The molecule has 1 saturated carbocycles. The van der Waals surface area contributed by atoms with E-state index in [2.05, 4.69) is 84.4 Å². The molecule has 5 fully saturated rings. The lowest BCUT2D eigenvalue weighted by atomic mass is 9.90. The molecule has 2 amide bonds. The molecule has 0 bridgehead atoms. The minimum Gasteiger partial charge on any atom is -0.386 e. The molecule has 78 heavy (non-hydrogen) atoms. The zero-order chi connectivity index (χ0) is 54.4. The van der Waals surface area contributed by atoms with E-state index in [1.807, 2.05) is 49.4 Å². The summed E-state index contributed by atoms with van der Waals surface area (Å²) in [6.45, 7) is 17.0. The maximum atomic E-state index is 13.9. The molecule has 18 heteroatoms. The van der Waals surface area contributed by atoms with Crippen LogP contribution in [0.2, 0.25) is 0 Å². The predicted molar refractivity (Wildman–Crippen MR) is 298 cm³/mol. The minimum absolute atomic E-state index is 0.266. The Labute approximate surface area is 454 Å². The van der Waals surface area contributed by atoms with Gasteiger partial charge in [0.1, 0.15) is 28.9 Å². The van der Waals surface area contributed by atoms with Gasteiger partial charge in [-0.25, -0.2) is 9.97 Å². The summed E-state index contributed by atoms with van der Waals surface area (Å²) >= 11 is 0. The second-order valence-corrected chi connectivity index (χ2v) is 22.4. The first kappa shape index (κ1) is 52.1. The van der Waals surface area contributed by atoms with E-state index in [4.69, 9.17) is 24.2 Å². The molecule has 11 rings (SSSR count). The zero-order valence-electron chi connectivity index (χ0n) is 44.8. The Morgan fingerprint density at radius 3 is 1.74 bits per heavy atom. The minimum atomic E-state index is -0.852. The highest BCUT2D eigenvalue weighted by molar-refractivity contribution is 6.05. The Morgan fingerprint density at radius 2 is 1.19 bits per heavy atom. The average Bonchev–Trinajstić information content (AvgIpc) is 4.36. The number of hydrogen-bond donors (Lipinski definition) is 3.